The van der Waals surface area contributed by atoms with Crippen LogP contribution in [0.15, 0.2) is 28.8 Å². The van der Waals surface area contributed by atoms with E-state index >= 15 is 0 Å². The van der Waals surface area contributed by atoms with Crippen molar-refractivity contribution in [3.63, 3.8) is 0 Å². The molecule has 6 heteroatoms. The van der Waals surface area contributed by atoms with Crippen molar-refractivity contribution in [3.8, 4) is 0 Å². The van der Waals surface area contributed by atoms with E-state index in [1.165, 1.54) is 12.1 Å². The van der Waals surface area contributed by atoms with Gasteiger partial charge in [0, 0.05) is 24.2 Å². The molecule has 0 bridgehead atoms. The molecule has 0 aliphatic rings. The zero-order valence-electron chi connectivity index (χ0n) is 9.86. The Morgan fingerprint density at radius 1 is 1.28 bits per heavy atom. The monoisotopic (exact) mass is 253 g/mol. The molecule has 1 aromatic heterocycles. The second-order valence-electron chi connectivity index (χ2n) is 4.13. The van der Waals surface area contributed by atoms with Crippen LogP contribution in [0.25, 0.3) is 0 Å². The van der Waals surface area contributed by atoms with E-state index in [1.54, 1.807) is 13.1 Å². The third-order valence-corrected chi connectivity index (χ3v) is 2.46. The summed E-state index contributed by atoms with van der Waals surface area (Å²) < 4.78 is 31.1. The fourth-order valence-corrected chi connectivity index (χ4v) is 1.67. The number of nitrogens with two attached hydrogens (primary N) is 1. The first-order chi connectivity index (χ1) is 8.54. The van der Waals surface area contributed by atoms with Crippen LogP contribution in [0.2, 0.25) is 0 Å². The minimum Gasteiger partial charge on any atom is -0.381 e. The van der Waals surface area contributed by atoms with Gasteiger partial charge in [0.15, 0.2) is 11.6 Å². The Balaban J connectivity index is 2.00. The van der Waals surface area contributed by atoms with Crippen LogP contribution in [0.5, 0.6) is 0 Å². The molecule has 1 aromatic carbocycles. The third-order valence-electron chi connectivity index (χ3n) is 2.46. The maximum absolute atomic E-state index is 13.4. The van der Waals surface area contributed by atoms with Gasteiger partial charge in [0.1, 0.15) is 11.6 Å². The van der Waals surface area contributed by atoms with E-state index in [2.05, 4.69) is 5.16 Å². The van der Waals surface area contributed by atoms with Gasteiger partial charge < -0.3 is 10.3 Å². The largest absolute Gasteiger partial charge is 0.381 e. The molecule has 0 saturated heterocycles. The Hall–Kier alpha value is -1.95. The quantitative estimate of drug-likeness (QED) is 0.907. The molecule has 2 N–H and O–H groups in total. The van der Waals surface area contributed by atoms with Crippen LogP contribution < -0.4 is 5.73 Å². The predicted octanol–water partition coefficient (Wildman–Crippen LogP) is 2.17. The third kappa shape index (κ3) is 3.04. The van der Waals surface area contributed by atoms with Gasteiger partial charge in [-0.3, -0.25) is 4.90 Å². The van der Waals surface area contributed by atoms with Crippen LogP contribution in [-0.2, 0) is 13.1 Å². The summed E-state index contributed by atoms with van der Waals surface area (Å²) in [6, 6.07) is 5.14. The lowest BCUT2D eigenvalue weighted by Crippen LogP contribution is -2.17. The zero-order chi connectivity index (χ0) is 13.1. The van der Waals surface area contributed by atoms with Gasteiger partial charge in [0.05, 0.1) is 6.54 Å². The van der Waals surface area contributed by atoms with E-state index in [9.17, 15) is 8.78 Å². The van der Waals surface area contributed by atoms with Crippen LogP contribution in [0.3, 0.4) is 0 Å². The molecule has 4 nitrogen and oxygen atoms in total. The Morgan fingerprint density at radius 3 is 2.67 bits per heavy atom. The molecule has 96 valence electrons. The highest BCUT2D eigenvalue weighted by Gasteiger charge is 2.09. The van der Waals surface area contributed by atoms with Crippen LogP contribution >= 0.6 is 0 Å². The number of halogens is 2. The van der Waals surface area contributed by atoms with Crippen molar-refractivity contribution in [2.75, 3.05) is 12.8 Å². The van der Waals surface area contributed by atoms with Gasteiger partial charge in [-0.05, 0) is 13.1 Å². The van der Waals surface area contributed by atoms with Crippen molar-refractivity contribution in [1.82, 2.24) is 10.1 Å². The summed E-state index contributed by atoms with van der Waals surface area (Å²) >= 11 is 0. The van der Waals surface area contributed by atoms with Crippen LogP contribution in [0.4, 0.5) is 14.6 Å². The number of rotatable bonds is 4. The average molecular weight is 253 g/mol. The van der Waals surface area contributed by atoms with Gasteiger partial charge in [-0.25, -0.2) is 8.78 Å². The number of nitrogens with zero attached hydrogens (tertiary/aromatic N) is 2. The second-order valence-corrected chi connectivity index (χ2v) is 4.13. The first-order valence-electron chi connectivity index (χ1n) is 5.38. The standard InChI is InChI=1S/C12H13F2N3O/c1-17(7-10-5-12(15)16-18-10)6-8-2-3-9(13)4-11(8)14/h2-5H,6-7H2,1H3,(H2,15,16). The van der Waals surface area contributed by atoms with Gasteiger partial charge in [-0.2, -0.15) is 0 Å². The van der Waals surface area contributed by atoms with Crippen LogP contribution in [-0.4, -0.2) is 17.1 Å². The van der Waals surface area contributed by atoms with Gasteiger partial charge in [0.2, 0.25) is 0 Å². The summed E-state index contributed by atoms with van der Waals surface area (Å²) in [6.45, 7) is 0.785. The summed E-state index contributed by atoms with van der Waals surface area (Å²) in [5.41, 5.74) is 5.85. The fraction of sp³-hybridized carbons (Fsp3) is 0.250. The van der Waals surface area contributed by atoms with Crippen molar-refractivity contribution in [2.45, 2.75) is 13.1 Å². The van der Waals surface area contributed by atoms with E-state index in [4.69, 9.17) is 10.3 Å². The lowest BCUT2D eigenvalue weighted by molar-refractivity contribution is 0.264. The number of hydrogen-bond acceptors (Lipinski definition) is 4. The van der Waals surface area contributed by atoms with Crippen molar-refractivity contribution in [3.05, 3.63) is 47.2 Å². The molecule has 2 aromatic rings. The van der Waals surface area contributed by atoms with Crippen molar-refractivity contribution in [1.29, 1.82) is 0 Å². The Labute approximate surface area is 103 Å². The maximum atomic E-state index is 13.4. The Morgan fingerprint density at radius 2 is 2.06 bits per heavy atom. The van der Waals surface area contributed by atoms with Gasteiger partial charge in [0.25, 0.3) is 0 Å². The number of hydrogen-bond donors (Lipinski definition) is 1. The summed E-state index contributed by atoms with van der Waals surface area (Å²) in [7, 11) is 1.79. The molecule has 0 atom stereocenters. The number of benzene rings is 1. The van der Waals surface area contributed by atoms with Gasteiger partial charge >= 0.3 is 0 Å². The van der Waals surface area contributed by atoms with Gasteiger partial charge in [-0.1, -0.05) is 11.2 Å². The number of aromatic nitrogens is 1. The summed E-state index contributed by atoms with van der Waals surface area (Å²) in [5, 5.41) is 3.56. The molecule has 0 aliphatic carbocycles. The molecule has 18 heavy (non-hydrogen) atoms. The molecule has 0 aliphatic heterocycles. The van der Waals surface area contributed by atoms with Crippen molar-refractivity contribution in [2.24, 2.45) is 0 Å². The minimum atomic E-state index is -0.582. The summed E-state index contributed by atoms with van der Waals surface area (Å²) in [5.74, 6) is -0.232. The molecule has 0 saturated carbocycles. The highest BCUT2D eigenvalue weighted by atomic mass is 19.1. The lowest BCUT2D eigenvalue weighted by Gasteiger charge is -2.15. The fourth-order valence-electron chi connectivity index (χ4n) is 1.67. The Kier molecular flexibility index (Phi) is 3.57. The number of anilines is 1. The SMILES string of the molecule is CN(Cc1cc(N)no1)Cc1ccc(F)cc1F. The smallest absolute Gasteiger partial charge is 0.167 e. The second kappa shape index (κ2) is 5.14. The summed E-state index contributed by atoms with van der Waals surface area (Å²) in [6.07, 6.45) is 0. The van der Waals surface area contributed by atoms with E-state index in [1.807, 2.05) is 4.90 Å². The van der Waals surface area contributed by atoms with E-state index in [0.29, 0.717) is 30.2 Å². The van der Waals surface area contributed by atoms with E-state index in [0.717, 1.165) is 6.07 Å². The predicted molar refractivity (Wildman–Crippen MR) is 62.4 cm³/mol. The molecule has 0 radical (unpaired) electrons. The topological polar surface area (TPSA) is 55.3 Å². The number of nitrogen functional groups attached to an aromatic ring is 1. The minimum absolute atomic E-state index is 0.311. The highest BCUT2D eigenvalue weighted by molar-refractivity contribution is 5.26. The summed E-state index contributed by atoms with van der Waals surface area (Å²) in [4.78, 5) is 1.82. The molecule has 0 unspecified atom stereocenters. The lowest BCUT2D eigenvalue weighted by atomic mass is 10.2. The first-order valence-corrected chi connectivity index (χ1v) is 5.38. The van der Waals surface area contributed by atoms with E-state index < -0.39 is 11.6 Å². The molecule has 2 rings (SSSR count). The van der Waals surface area contributed by atoms with Crippen molar-refractivity contribution >= 4 is 5.82 Å². The molecule has 0 spiro atoms. The zero-order valence-corrected chi connectivity index (χ0v) is 9.86. The van der Waals surface area contributed by atoms with Crippen LogP contribution in [0, 0.1) is 11.6 Å². The normalized spacial score (nSPS) is 11.1. The molecular formula is C12H13F2N3O. The average Bonchev–Trinajstić information content (AvgIpc) is 2.68. The molecule has 0 fully saturated rings. The van der Waals surface area contributed by atoms with Crippen LogP contribution in [0.1, 0.15) is 11.3 Å². The Bertz CT molecular complexity index is 542. The maximum Gasteiger partial charge on any atom is 0.167 e. The molecule has 1 heterocycles. The van der Waals surface area contributed by atoms with E-state index in [-0.39, 0.29) is 0 Å². The molecule has 0 amide bonds. The highest BCUT2D eigenvalue weighted by Crippen LogP contribution is 2.14. The van der Waals surface area contributed by atoms with Crippen molar-refractivity contribution < 1.29 is 13.3 Å². The first kappa shape index (κ1) is 12.5. The molecular weight excluding hydrogens is 240 g/mol. The van der Waals surface area contributed by atoms with Gasteiger partial charge in [-0.15, -0.1) is 0 Å².